The molecule has 27 heavy (non-hydrogen) atoms. The zero-order valence-corrected chi connectivity index (χ0v) is 16.6. The van der Waals surface area contributed by atoms with Gasteiger partial charge in [0, 0.05) is 24.7 Å². The fourth-order valence-corrected chi connectivity index (χ4v) is 3.28. The number of carbonyl (C=O) groups is 1. The molecule has 0 aliphatic heterocycles. The molecule has 0 bridgehead atoms. The summed E-state index contributed by atoms with van der Waals surface area (Å²) < 4.78 is 5.35. The Morgan fingerprint density at radius 3 is 2.48 bits per heavy atom. The predicted octanol–water partition coefficient (Wildman–Crippen LogP) is 4.10. The molecule has 1 amide bonds. The van der Waals surface area contributed by atoms with Crippen LogP contribution in [0.1, 0.15) is 49.3 Å². The molecule has 1 fully saturated rings. The number of rotatable bonds is 9. The number of carbonyl (C=O) groups excluding carboxylic acids is 1. The zero-order valence-electron chi connectivity index (χ0n) is 16.6. The lowest BCUT2D eigenvalue weighted by molar-refractivity contribution is -0.122. The molecule has 0 radical (unpaired) electrons. The van der Waals surface area contributed by atoms with Gasteiger partial charge in [-0.3, -0.25) is 9.69 Å². The fraction of sp³-hybridized carbons (Fsp3) is 0.435. The lowest BCUT2D eigenvalue weighted by Gasteiger charge is -2.22. The topological polar surface area (TPSA) is 41.6 Å². The maximum absolute atomic E-state index is 12.5. The number of nitrogens with one attached hydrogen (secondary N) is 1. The first-order valence-electron chi connectivity index (χ1n) is 9.78. The Bertz CT molecular complexity index is 751. The summed E-state index contributed by atoms with van der Waals surface area (Å²) in [6.07, 6.45) is 2.37. The summed E-state index contributed by atoms with van der Waals surface area (Å²) in [5.74, 6) is 1.41. The van der Waals surface area contributed by atoms with Gasteiger partial charge in [-0.2, -0.15) is 0 Å². The van der Waals surface area contributed by atoms with Gasteiger partial charge in [0.15, 0.2) is 0 Å². The summed E-state index contributed by atoms with van der Waals surface area (Å²) in [6.45, 7) is 6.16. The SMILES string of the molecule is COc1ccccc1CNC(=O)CN(Cc1ccc(C(C)C)cc1)C1CC1. The fourth-order valence-electron chi connectivity index (χ4n) is 3.28. The van der Waals surface area contributed by atoms with Crippen LogP contribution in [0.25, 0.3) is 0 Å². The van der Waals surface area contributed by atoms with Crippen LogP contribution < -0.4 is 10.1 Å². The first-order valence-corrected chi connectivity index (χ1v) is 9.78. The van der Waals surface area contributed by atoms with E-state index in [4.69, 9.17) is 4.74 Å². The molecule has 0 aromatic heterocycles. The van der Waals surface area contributed by atoms with Gasteiger partial charge in [0.05, 0.1) is 13.7 Å². The second-order valence-corrected chi connectivity index (χ2v) is 7.62. The molecule has 0 heterocycles. The van der Waals surface area contributed by atoms with E-state index >= 15 is 0 Å². The van der Waals surface area contributed by atoms with E-state index in [-0.39, 0.29) is 5.91 Å². The number of hydrogen-bond acceptors (Lipinski definition) is 3. The molecule has 0 spiro atoms. The van der Waals surface area contributed by atoms with Crippen molar-refractivity contribution >= 4 is 5.91 Å². The van der Waals surface area contributed by atoms with Gasteiger partial charge in [0.1, 0.15) is 5.75 Å². The Kier molecular flexibility index (Phi) is 6.51. The van der Waals surface area contributed by atoms with Crippen molar-refractivity contribution in [3.63, 3.8) is 0 Å². The summed E-state index contributed by atoms with van der Waals surface area (Å²) in [7, 11) is 1.65. The van der Waals surface area contributed by atoms with Gasteiger partial charge < -0.3 is 10.1 Å². The van der Waals surface area contributed by atoms with Crippen molar-refractivity contribution in [3.8, 4) is 5.75 Å². The first-order chi connectivity index (χ1) is 13.1. The highest BCUT2D eigenvalue weighted by molar-refractivity contribution is 5.78. The van der Waals surface area contributed by atoms with Gasteiger partial charge in [0.25, 0.3) is 0 Å². The molecule has 1 saturated carbocycles. The number of para-hydroxylation sites is 1. The number of ether oxygens (including phenoxy) is 1. The monoisotopic (exact) mass is 366 g/mol. The van der Waals surface area contributed by atoms with Crippen molar-refractivity contribution in [2.45, 2.75) is 51.7 Å². The minimum atomic E-state index is 0.0617. The van der Waals surface area contributed by atoms with Gasteiger partial charge >= 0.3 is 0 Å². The van der Waals surface area contributed by atoms with Gasteiger partial charge in [-0.1, -0.05) is 56.3 Å². The van der Waals surface area contributed by atoms with Crippen LogP contribution in [0.4, 0.5) is 0 Å². The van der Waals surface area contributed by atoms with Gasteiger partial charge in [0.2, 0.25) is 5.91 Å². The summed E-state index contributed by atoms with van der Waals surface area (Å²) >= 11 is 0. The van der Waals surface area contributed by atoms with E-state index in [2.05, 4.69) is 48.3 Å². The largest absolute Gasteiger partial charge is 0.496 e. The van der Waals surface area contributed by atoms with E-state index in [9.17, 15) is 4.79 Å². The van der Waals surface area contributed by atoms with Gasteiger partial charge in [-0.15, -0.1) is 0 Å². The van der Waals surface area contributed by atoms with Crippen molar-refractivity contribution in [2.24, 2.45) is 0 Å². The molecular weight excluding hydrogens is 336 g/mol. The average molecular weight is 367 g/mol. The quantitative estimate of drug-likeness (QED) is 0.726. The summed E-state index contributed by atoms with van der Waals surface area (Å²) in [6, 6.07) is 17.1. The smallest absolute Gasteiger partial charge is 0.234 e. The van der Waals surface area contributed by atoms with Crippen LogP contribution in [0.2, 0.25) is 0 Å². The molecule has 1 aliphatic rings. The molecule has 4 heteroatoms. The minimum Gasteiger partial charge on any atom is -0.496 e. The molecule has 0 atom stereocenters. The third kappa shape index (κ3) is 5.57. The van der Waals surface area contributed by atoms with Gasteiger partial charge in [-0.05, 0) is 36.0 Å². The Labute approximate surface area is 162 Å². The number of hydrogen-bond donors (Lipinski definition) is 1. The predicted molar refractivity (Wildman–Crippen MR) is 109 cm³/mol. The Morgan fingerprint density at radius 2 is 1.85 bits per heavy atom. The van der Waals surface area contributed by atoms with E-state index in [0.29, 0.717) is 25.0 Å². The average Bonchev–Trinajstić information content (AvgIpc) is 3.52. The van der Waals surface area contributed by atoms with Crippen LogP contribution in [0, 0.1) is 0 Å². The summed E-state index contributed by atoms with van der Waals surface area (Å²) in [5.41, 5.74) is 3.62. The molecule has 3 rings (SSSR count). The van der Waals surface area contributed by atoms with E-state index in [1.807, 2.05) is 24.3 Å². The zero-order chi connectivity index (χ0) is 19.2. The third-order valence-corrected chi connectivity index (χ3v) is 5.11. The highest BCUT2D eigenvalue weighted by Gasteiger charge is 2.30. The number of methoxy groups -OCH3 is 1. The molecule has 1 N–H and O–H groups in total. The Balaban J connectivity index is 1.55. The Morgan fingerprint density at radius 1 is 1.15 bits per heavy atom. The van der Waals surface area contributed by atoms with Crippen LogP contribution in [-0.2, 0) is 17.9 Å². The van der Waals surface area contributed by atoms with Gasteiger partial charge in [-0.25, -0.2) is 0 Å². The highest BCUT2D eigenvalue weighted by Crippen LogP contribution is 2.28. The van der Waals surface area contributed by atoms with Crippen LogP contribution in [-0.4, -0.2) is 30.5 Å². The number of nitrogens with zero attached hydrogens (tertiary/aromatic N) is 1. The molecule has 144 valence electrons. The molecule has 0 saturated heterocycles. The van der Waals surface area contributed by atoms with E-state index in [0.717, 1.165) is 17.9 Å². The Hall–Kier alpha value is -2.33. The second kappa shape index (κ2) is 9.05. The molecule has 2 aromatic carbocycles. The molecule has 0 unspecified atom stereocenters. The maximum atomic E-state index is 12.5. The van der Waals surface area contributed by atoms with Crippen LogP contribution in [0.3, 0.4) is 0 Å². The molecule has 1 aliphatic carbocycles. The highest BCUT2D eigenvalue weighted by atomic mass is 16.5. The first kappa shape index (κ1) is 19.4. The van der Waals surface area contributed by atoms with Crippen molar-refractivity contribution in [1.29, 1.82) is 0 Å². The van der Waals surface area contributed by atoms with Crippen LogP contribution in [0.15, 0.2) is 48.5 Å². The lowest BCUT2D eigenvalue weighted by Crippen LogP contribution is -2.37. The molecular formula is C23H30N2O2. The maximum Gasteiger partial charge on any atom is 0.234 e. The van der Waals surface area contributed by atoms with E-state index < -0.39 is 0 Å². The standard InChI is InChI=1S/C23H30N2O2/c1-17(2)19-10-8-18(9-11-19)15-25(21-12-13-21)16-23(26)24-14-20-6-4-5-7-22(20)27-3/h4-11,17,21H,12-16H2,1-3H3,(H,24,26). The van der Waals surface area contributed by atoms with Crippen molar-refractivity contribution < 1.29 is 9.53 Å². The van der Waals surface area contributed by atoms with E-state index in [1.54, 1.807) is 7.11 Å². The molecule has 4 nitrogen and oxygen atoms in total. The normalized spacial score (nSPS) is 13.8. The minimum absolute atomic E-state index is 0.0617. The third-order valence-electron chi connectivity index (χ3n) is 5.11. The van der Waals surface area contributed by atoms with Crippen molar-refractivity contribution in [1.82, 2.24) is 10.2 Å². The molecule has 2 aromatic rings. The van der Waals surface area contributed by atoms with Crippen molar-refractivity contribution in [2.75, 3.05) is 13.7 Å². The van der Waals surface area contributed by atoms with Crippen LogP contribution >= 0.6 is 0 Å². The second-order valence-electron chi connectivity index (χ2n) is 7.62. The lowest BCUT2D eigenvalue weighted by atomic mass is 10.0. The number of amides is 1. The van der Waals surface area contributed by atoms with Crippen LogP contribution in [0.5, 0.6) is 5.75 Å². The summed E-state index contributed by atoms with van der Waals surface area (Å²) in [4.78, 5) is 14.8. The summed E-state index contributed by atoms with van der Waals surface area (Å²) in [5, 5.41) is 3.04. The number of benzene rings is 2. The van der Waals surface area contributed by atoms with E-state index in [1.165, 1.54) is 24.0 Å². The van der Waals surface area contributed by atoms with Crippen molar-refractivity contribution in [3.05, 3.63) is 65.2 Å².